The normalized spacial score (nSPS) is 30.6. The van der Waals surface area contributed by atoms with E-state index in [0.717, 1.165) is 41.8 Å². The van der Waals surface area contributed by atoms with Gasteiger partial charge in [-0.05, 0) is 74.1 Å². The molecule has 166 valence electrons. The number of para-hydroxylation sites is 2. The van der Waals surface area contributed by atoms with Gasteiger partial charge in [-0.2, -0.15) is 0 Å². The summed E-state index contributed by atoms with van der Waals surface area (Å²) >= 11 is 7.66. The number of carbonyl (C=O) groups excluding carboxylic acids is 1. The number of hydrogen-bond donors (Lipinski definition) is 1. The quantitative estimate of drug-likeness (QED) is 0.355. The number of nitrogens with zero attached hydrogens (tertiary/aromatic N) is 1. The summed E-state index contributed by atoms with van der Waals surface area (Å²) in [4.78, 5) is 15.5. The standard InChI is InChI=1S/C25H27N2O2PS2/c1-17(2)20-14-15-25(3)23(16-20)29-30(31,32-25)26-24(28)27-21-10-6-4-8-18(21)12-13-19-9-5-7-11-22(19)27/h4-13,20,23H,1,14-16H2,2-3H3,(H,26,28,31)/t20-,23+,25+,30?/m0/s1. The van der Waals surface area contributed by atoms with Crippen molar-refractivity contribution in [3.8, 4) is 0 Å². The first-order valence-electron chi connectivity index (χ1n) is 10.9. The van der Waals surface area contributed by atoms with Crippen molar-refractivity contribution in [2.24, 2.45) is 5.92 Å². The summed E-state index contributed by atoms with van der Waals surface area (Å²) in [6, 6.07) is 15.6. The minimum absolute atomic E-state index is 0.0412. The Labute approximate surface area is 199 Å². The van der Waals surface area contributed by atoms with Crippen LogP contribution in [0.3, 0.4) is 0 Å². The molecule has 2 aromatic carbocycles. The number of anilines is 2. The number of urea groups is 1. The van der Waals surface area contributed by atoms with E-state index in [1.807, 2.05) is 60.7 Å². The molecular weight excluding hydrogens is 455 g/mol. The lowest BCUT2D eigenvalue weighted by molar-refractivity contribution is 0.126. The molecule has 1 saturated carbocycles. The van der Waals surface area contributed by atoms with Crippen LogP contribution in [0.1, 0.15) is 44.2 Å². The van der Waals surface area contributed by atoms with Crippen molar-refractivity contribution in [2.75, 3.05) is 4.90 Å². The summed E-state index contributed by atoms with van der Waals surface area (Å²) in [7, 11) is 0. The molecule has 1 saturated heterocycles. The molecule has 0 radical (unpaired) electrons. The number of amides is 2. The van der Waals surface area contributed by atoms with Crippen LogP contribution in [0.25, 0.3) is 12.2 Å². The lowest BCUT2D eigenvalue weighted by Crippen LogP contribution is -2.39. The van der Waals surface area contributed by atoms with Crippen molar-refractivity contribution in [3.05, 3.63) is 71.8 Å². The van der Waals surface area contributed by atoms with Crippen molar-refractivity contribution in [1.29, 1.82) is 0 Å². The predicted molar refractivity (Wildman–Crippen MR) is 140 cm³/mol. The SMILES string of the molecule is C=C(C)[C@H]1CC[C@@]2(C)SP(=S)(NC(=O)N3c4ccccc4C=Cc4ccccc43)O[C@@H]2C1. The van der Waals surface area contributed by atoms with Crippen molar-refractivity contribution in [3.63, 3.8) is 0 Å². The minimum atomic E-state index is -2.60. The topological polar surface area (TPSA) is 41.6 Å². The van der Waals surface area contributed by atoms with E-state index in [4.69, 9.17) is 16.3 Å². The van der Waals surface area contributed by atoms with Gasteiger partial charge >= 0.3 is 6.03 Å². The average molecular weight is 483 g/mol. The molecular formula is C25H27N2O2PS2. The second-order valence-corrected chi connectivity index (χ2v) is 15.9. The van der Waals surface area contributed by atoms with Gasteiger partial charge in [-0.3, -0.25) is 9.99 Å². The highest BCUT2D eigenvalue weighted by Gasteiger charge is 2.53. The van der Waals surface area contributed by atoms with Gasteiger partial charge in [0, 0.05) is 4.75 Å². The molecule has 5 rings (SSSR count). The molecule has 32 heavy (non-hydrogen) atoms. The Morgan fingerprint density at radius 3 is 2.38 bits per heavy atom. The zero-order chi connectivity index (χ0) is 22.5. The molecule has 1 N–H and O–H groups in total. The third kappa shape index (κ3) is 3.88. The molecule has 1 aliphatic carbocycles. The molecule has 0 spiro atoms. The van der Waals surface area contributed by atoms with E-state index < -0.39 is 5.62 Å². The first-order chi connectivity index (χ1) is 15.3. The summed E-state index contributed by atoms with van der Waals surface area (Å²) in [5.41, 5.74) is 2.25. The van der Waals surface area contributed by atoms with Crippen LogP contribution >= 0.6 is 17.0 Å². The summed E-state index contributed by atoms with van der Waals surface area (Å²) in [5, 5.41) is 3.16. The molecule has 3 aliphatic rings. The molecule has 2 fully saturated rings. The zero-order valence-electron chi connectivity index (χ0n) is 18.3. The molecule has 0 bridgehead atoms. The highest BCUT2D eigenvalue weighted by atomic mass is 32.9. The van der Waals surface area contributed by atoms with Gasteiger partial charge in [-0.1, -0.05) is 72.1 Å². The maximum absolute atomic E-state index is 13.8. The van der Waals surface area contributed by atoms with Gasteiger partial charge < -0.3 is 4.52 Å². The molecule has 2 aliphatic heterocycles. The number of hydrogen-bond acceptors (Lipinski definition) is 4. The highest BCUT2D eigenvalue weighted by molar-refractivity contribution is 8.69. The third-order valence-corrected chi connectivity index (χ3v) is 12.5. The average Bonchev–Trinajstić information content (AvgIpc) is 2.91. The van der Waals surface area contributed by atoms with Crippen LogP contribution in [0.2, 0.25) is 0 Å². The van der Waals surface area contributed by atoms with Gasteiger partial charge in [0.1, 0.15) is 0 Å². The van der Waals surface area contributed by atoms with Crippen LogP contribution in [0.5, 0.6) is 0 Å². The molecule has 7 heteroatoms. The second-order valence-electron chi connectivity index (χ2n) is 9.02. The van der Waals surface area contributed by atoms with Crippen molar-refractivity contribution in [2.45, 2.75) is 44.0 Å². The maximum Gasteiger partial charge on any atom is 0.332 e. The number of carbonyl (C=O) groups is 1. The lowest BCUT2D eigenvalue weighted by Gasteiger charge is -2.37. The van der Waals surface area contributed by atoms with Crippen LogP contribution in [-0.2, 0) is 16.3 Å². The number of nitrogens with one attached hydrogen (secondary N) is 1. The van der Waals surface area contributed by atoms with Crippen LogP contribution in [0.4, 0.5) is 16.2 Å². The van der Waals surface area contributed by atoms with Gasteiger partial charge in [-0.25, -0.2) is 4.79 Å². The van der Waals surface area contributed by atoms with E-state index in [0.29, 0.717) is 5.92 Å². The largest absolute Gasteiger partial charge is 0.332 e. The fraction of sp³-hybridized carbons (Fsp3) is 0.320. The van der Waals surface area contributed by atoms with E-state index in [1.165, 1.54) is 5.57 Å². The fourth-order valence-corrected chi connectivity index (χ4v) is 12.2. The van der Waals surface area contributed by atoms with Crippen LogP contribution in [0.15, 0.2) is 60.7 Å². The predicted octanol–water partition coefficient (Wildman–Crippen LogP) is 7.51. The van der Waals surface area contributed by atoms with Gasteiger partial charge in [0.15, 0.2) is 0 Å². The number of rotatable bonds is 2. The Hall–Kier alpha value is -1.85. The molecule has 2 heterocycles. The maximum atomic E-state index is 13.8. The number of benzene rings is 2. The summed E-state index contributed by atoms with van der Waals surface area (Å²) in [6.45, 7) is 8.48. The van der Waals surface area contributed by atoms with Gasteiger partial charge in [0.25, 0.3) is 0 Å². The van der Waals surface area contributed by atoms with Crippen molar-refractivity contribution in [1.82, 2.24) is 5.09 Å². The molecule has 0 aromatic heterocycles. The van der Waals surface area contributed by atoms with E-state index in [2.05, 4.69) is 25.5 Å². The number of allylic oxidation sites excluding steroid dienone is 1. The molecule has 2 amide bonds. The summed E-state index contributed by atoms with van der Waals surface area (Å²) < 4.78 is 6.41. The van der Waals surface area contributed by atoms with Crippen LogP contribution in [-0.4, -0.2) is 16.9 Å². The molecule has 1 unspecified atom stereocenters. The Morgan fingerprint density at radius 2 is 1.78 bits per heavy atom. The van der Waals surface area contributed by atoms with Crippen LogP contribution < -0.4 is 9.99 Å². The summed E-state index contributed by atoms with van der Waals surface area (Å²) in [5.74, 6) is 0.460. The highest BCUT2D eigenvalue weighted by Crippen LogP contribution is 2.73. The molecule has 4 nitrogen and oxygen atoms in total. The smallest absolute Gasteiger partial charge is 0.322 e. The van der Waals surface area contributed by atoms with E-state index in [-0.39, 0.29) is 16.9 Å². The number of fused-ring (bicyclic) bond motifs is 3. The second kappa shape index (κ2) is 8.18. The van der Waals surface area contributed by atoms with Crippen LogP contribution in [0, 0.1) is 5.92 Å². The fourth-order valence-electron chi connectivity index (χ4n) is 4.83. The first-order valence-corrected chi connectivity index (χ1v) is 15.1. The summed E-state index contributed by atoms with van der Waals surface area (Å²) in [6.07, 6.45) is 7.18. The van der Waals surface area contributed by atoms with Gasteiger partial charge in [-0.15, -0.1) is 0 Å². The Balaban J connectivity index is 1.45. The van der Waals surface area contributed by atoms with E-state index in [1.54, 1.807) is 16.3 Å². The van der Waals surface area contributed by atoms with Gasteiger partial charge in [0.2, 0.25) is 5.62 Å². The van der Waals surface area contributed by atoms with E-state index >= 15 is 0 Å². The zero-order valence-corrected chi connectivity index (χ0v) is 20.8. The monoisotopic (exact) mass is 482 g/mol. The molecule has 4 atom stereocenters. The first kappa shape index (κ1) is 22.0. The third-order valence-electron chi connectivity index (χ3n) is 6.69. The minimum Gasteiger partial charge on any atom is -0.322 e. The Morgan fingerprint density at radius 1 is 1.19 bits per heavy atom. The lowest BCUT2D eigenvalue weighted by atomic mass is 9.77. The molecule has 2 aromatic rings. The van der Waals surface area contributed by atoms with Crippen molar-refractivity contribution < 1.29 is 9.32 Å². The van der Waals surface area contributed by atoms with Crippen molar-refractivity contribution >= 4 is 58.4 Å². The Bertz CT molecular complexity index is 1130. The Kier molecular flexibility index (Phi) is 5.61. The van der Waals surface area contributed by atoms with E-state index in [9.17, 15) is 4.79 Å². The van der Waals surface area contributed by atoms with Gasteiger partial charge in [0.05, 0.1) is 17.5 Å².